The number of hydrogen-bond acceptors (Lipinski definition) is 4. The van der Waals surface area contributed by atoms with Gasteiger partial charge in [0.1, 0.15) is 28.6 Å². The summed E-state index contributed by atoms with van der Waals surface area (Å²) < 4.78 is 49.6. The number of halogens is 3. The molecule has 0 saturated heterocycles. The van der Waals surface area contributed by atoms with Gasteiger partial charge in [0.15, 0.2) is 0 Å². The van der Waals surface area contributed by atoms with E-state index in [-0.39, 0.29) is 6.61 Å². The summed E-state index contributed by atoms with van der Waals surface area (Å²) in [4.78, 5) is 11.3. The third-order valence-electron chi connectivity index (χ3n) is 4.90. The van der Waals surface area contributed by atoms with Crippen molar-refractivity contribution < 1.29 is 32.2 Å². The van der Waals surface area contributed by atoms with Gasteiger partial charge >= 0.3 is 12.1 Å². The van der Waals surface area contributed by atoms with E-state index in [9.17, 15) is 23.1 Å². The summed E-state index contributed by atoms with van der Waals surface area (Å²) in [6.45, 7) is 5.23. The molecule has 0 aliphatic carbocycles. The van der Waals surface area contributed by atoms with E-state index in [0.29, 0.717) is 28.6 Å². The van der Waals surface area contributed by atoms with E-state index in [1.165, 1.54) is 17.8 Å². The van der Waals surface area contributed by atoms with E-state index in [0.717, 1.165) is 23.3 Å². The Bertz CT molecular complexity index is 1100. The summed E-state index contributed by atoms with van der Waals surface area (Å²) >= 11 is 1.32. The fourth-order valence-electron chi connectivity index (χ4n) is 2.87. The maximum Gasteiger partial charge on any atom is 0.416 e. The van der Waals surface area contributed by atoms with Crippen LogP contribution in [-0.4, -0.2) is 15.8 Å². The molecule has 0 amide bonds. The number of hydrogen-bond donors (Lipinski definition) is 1. The number of rotatable bonds is 8. The first-order valence-corrected chi connectivity index (χ1v) is 10.8. The molecule has 8 heteroatoms. The summed E-state index contributed by atoms with van der Waals surface area (Å²) in [5.41, 5.74) is 1.26. The van der Waals surface area contributed by atoms with Crippen molar-refractivity contribution in [1.82, 2.24) is 0 Å². The molecular formula is C24H23F3O4S. The highest BCUT2D eigenvalue weighted by molar-refractivity contribution is 8.00. The minimum Gasteiger partial charge on any atom is -0.489 e. The van der Waals surface area contributed by atoms with Gasteiger partial charge in [-0.25, -0.2) is 0 Å². The molecule has 3 rings (SSSR count). The van der Waals surface area contributed by atoms with Gasteiger partial charge < -0.3 is 14.3 Å². The number of benzene rings is 2. The van der Waals surface area contributed by atoms with Gasteiger partial charge in [-0.05, 0) is 56.7 Å². The fraction of sp³-hybridized carbons (Fsp3) is 0.292. The molecule has 1 N–H and O–H groups in total. The molecule has 0 radical (unpaired) electrons. The molecule has 4 nitrogen and oxygen atoms in total. The minimum atomic E-state index is -4.42. The van der Waals surface area contributed by atoms with E-state index >= 15 is 0 Å². The molecule has 2 aromatic carbocycles. The molecule has 0 saturated carbocycles. The van der Waals surface area contributed by atoms with Crippen LogP contribution >= 0.6 is 11.8 Å². The highest BCUT2D eigenvalue weighted by Crippen LogP contribution is 2.34. The van der Waals surface area contributed by atoms with Gasteiger partial charge in [-0.3, -0.25) is 4.79 Å². The molecule has 0 aliphatic rings. The average molecular weight is 465 g/mol. The topological polar surface area (TPSA) is 59.7 Å². The number of furan rings is 1. The normalized spacial score (nSPS) is 12.1. The van der Waals surface area contributed by atoms with E-state index in [4.69, 9.17) is 9.15 Å². The largest absolute Gasteiger partial charge is 0.489 e. The average Bonchev–Trinajstić information content (AvgIpc) is 3.11. The number of carbonyl (C=O) groups is 1. The Kier molecular flexibility index (Phi) is 6.93. The number of aryl methyl sites for hydroxylation is 1. The predicted molar refractivity (Wildman–Crippen MR) is 118 cm³/mol. The van der Waals surface area contributed by atoms with Crippen LogP contribution in [0.3, 0.4) is 0 Å². The van der Waals surface area contributed by atoms with Crippen LogP contribution in [0.5, 0.6) is 5.75 Å². The Morgan fingerprint density at radius 1 is 1.09 bits per heavy atom. The lowest BCUT2D eigenvalue weighted by Gasteiger charge is -2.18. The highest BCUT2D eigenvalue weighted by Gasteiger charge is 2.31. The molecule has 0 fully saturated rings. The summed E-state index contributed by atoms with van der Waals surface area (Å²) in [5, 5.41) is 9.24. The van der Waals surface area contributed by atoms with Crippen LogP contribution in [-0.2, 0) is 23.3 Å². The number of aliphatic carboxylic acids is 1. The van der Waals surface area contributed by atoms with E-state index in [1.54, 1.807) is 39.0 Å². The third kappa shape index (κ3) is 5.88. The summed E-state index contributed by atoms with van der Waals surface area (Å²) in [5.74, 6) is 1.15. The van der Waals surface area contributed by atoms with Crippen molar-refractivity contribution in [1.29, 1.82) is 0 Å². The summed E-state index contributed by atoms with van der Waals surface area (Å²) in [7, 11) is 0. The number of carboxylic acids is 1. The molecule has 170 valence electrons. The lowest BCUT2D eigenvalue weighted by molar-refractivity contribution is -0.139. The van der Waals surface area contributed by atoms with Crippen molar-refractivity contribution in [3.8, 4) is 17.1 Å². The Labute approximate surface area is 188 Å². The molecule has 1 heterocycles. The van der Waals surface area contributed by atoms with Gasteiger partial charge in [0, 0.05) is 16.9 Å². The molecule has 0 bridgehead atoms. The second-order valence-corrected chi connectivity index (χ2v) is 9.41. The van der Waals surface area contributed by atoms with Crippen LogP contribution in [0.2, 0.25) is 0 Å². The molecule has 0 spiro atoms. The molecule has 1 aromatic heterocycles. The smallest absolute Gasteiger partial charge is 0.416 e. The molecule has 0 aliphatic heterocycles. The highest BCUT2D eigenvalue weighted by atomic mass is 32.2. The van der Waals surface area contributed by atoms with Crippen LogP contribution in [0, 0.1) is 6.92 Å². The van der Waals surface area contributed by atoms with Crippen molar-refractivity contribution in [3.63, 3.8) is 0 Å². The molecule has 0 atom stereocenters. The Morgan fingerprint density at radius 2 is 1.81 bits per heavy atom. The SMILES string of the molecule is Cc1oc(-c2cccc(C(F)(F)F)c2)cc1COc1cccc(CSC(C)(C)C(=O)O)c1. The number of thioether (sulfide) groups is 1. The van der Waals surface area contributed by atoms with Crippen LogP contribution in [0.25, 0.3) is 11.3 Å². The predicted octanol–water partition coefficient (Wildman–Crippen LogP) is 6.95. The zero-order valence-corrected chi connectivity index (χ0v) is 18.6. The van der Waals surface area contributed by atoms with Crippen LogP contribution < -0.4 is 4.74 Å². The first-order valence-electron chi connectivity index (χ1n) is 9.82. The van der Waals surface area contributed by atoms with E-state index in [2.05, 4.69) is 0 Å². The first kappa shape index (κ1) is 23.8. The molecule has 3 aromatic rings. The van der Waals surface area contributed by atoms with Gasteiger partial charge in [0.05, 0.1) is 5.56 Å². The molecular weight excluding hydrogens is 441 g/mol. The monoisotopic (exact) mass is 464 g/mol. The van der Waals surface area contributed by atoms with Gasteiger partial charge in [0.25, 0.3) is 0 Å². The van der Waals surface area contributed by atoms with E-state index < -0.39 is 22.5 Å². The Morgan fingerprint density at radius 3 is 2.50 bits per heavy atom. The van der Waals surface area contributed by atoms with E-state index in [1.807, 2.05) is 18.2 Å². The molecule has 0 unspecified atom stereocenters. The van der Waals surface area contributed by atoms with Crippen LogP contribution in [0.1, 0.15) is 36.3 Å². The zero-order valence-electron chi connectivity index (χ0n) is 17.8. The van der Waals surface area contributed by atoms with Gasteiger partial charge in [-0.1, -0.05) is 24.3 Å². The molecule has 32 heavy (non-hydrogen) atoms. The summed E-state index contributed by atoms with van der Waals surface area (Å²) in [6.07, 6.45) is -4.42. The number of ether oxygens (including phenoxy) is 1. The second-order valence-electron chi connectivity index (χ2n) is 7.81. The lowest BCUT2D eigenvalue weighted by atomic mass is 10.1. The first-order chi connectivity index (χ1) is 15.0. The second kappa shape index (κ2) is 9.32. The van der Waals surface area contributed by atoms with Gasteiger partial charge in [-0.15, -0.1) is 11.8 Å². The van der Waals surface area contributed by atoms with Crippen molar-refractivity contribution >= 4 is 17.7 Å². The van der Waals surface area contributed by atoms with Crippen molar-refractivity contribution in [3.05, 3.63) is 77.0 Å². The van der Waals surface area contributed by atoms with Crippen LogP contribution in [0.4, 0.5) is 13.2 Å². The van der Waals surface area contributed by atoms with Crippen molar-refractivity contribution in [2.24, 2.45) is 0 Å². The number of carboxylic acid groups (broad SMARTS) is 1. The Balaban J connectivity index is 1.69. The maximum atomic E-state index is 13.0. The maximum absolute atomic E-state index is 13.0. The number of alkyl halides is 3. The quantitative estimate of drug-likeness (QED) is 0.391. The standard InChI is InChI=1S/C24H23F3O4S/c1-15-18(12-21(31-15)17-7-5-8-19(11-17)24(25,26)27)13-30-20-9-4-6-16(10-20)14-32-23(2,3)22(28)29/h4-12H,13-14H2,1-3H3,(H,28,29). The zero-order chi connectivity index (χ0) is 23.5. The van der Waals surface area contributed by atoms with Gasteiger partial charge in [-0.2, -0.15) is 13.2 Å². The van der Waals surface area contributed by atoms with Crippen molar-refractivity contribution in [2.45, 2.75) is 44.1 Å². The summed E-state index contributed by atoms with van der Waals surface area (Å²) in [6, 6.07) is 14.0. The van der Waals surface area contributed by atoms with Crippen molar-refractivity contribution in [2.75, 3.05) is 0 Å². The Hall–Kier alpha value is -2.87. The lowest BCUT2D eigenvalue weighted by Crippen LogP contribution is -2.27. The fourth-order valence-corrected chi connectivity index (χ4v) is 3.70. The van der Waals surface area contributed by atoms with Gasteiger partial charge in [0.2, 0.25) is 0 Å². The van der Waals surface area contributed by atoms with Crippen LogP contribution in [0.15, 0.2) is 59.0 Å². The minimum absolute atomic E-state index is 0.186. The third-order valence-corrected chi connectivity index (χ3v) is 6.28.